The Morgan fingerprint density at radius 1 is 1.39 bits per heavy atom. The van der Waals surface area contributed by atoms with Crippen molar-refractivity contribution >= 4 is 27.5 Å². The molecule has 2 aromatic rings. The van der Waals surface area contributed by atoms with Crippen LogP contribution in [0.1, 0.15) is 17.2 Å². The van der Waals surface area contributed by atoms with Crippen LogP contribution in [0.4, 0.5) is 0 Å². The van der Waals surface area contributed by atoms with Crippen molar-refractivity contribution in [2.24, 2.45) is 0 Å². The largest absolute Gasteiger partial charge is 0.313 e. The van der Waals surface area contributed by atoms with Gasteiger partial charge in [-0.2, -0.15) is 0 Å². The number of likely N-dealkylation sites (N-methyl/N-ethyl adjacent to an activating group) is 1. The van der Waals surface area contributed by atoms with E-state index >= 15 is 0 Å². The zero-order valence-electron chi connectivity index (χ0n) is 10.0. The number of hydrogen-bond acceptors (Lipinski definition) is 2. The van der Waals surface area contributed by atoms with Crippen molar-refractivity contribution in [1.82, 2.24) is 10.3 Å². The normalized spacial score (nSPS) is 12.4. The minimum Gasteiger partial charge on any atom is -0.313 e. The molecule has 0 fully saturated rings. The summed E-state index contributed by atoms with van der Waals surface area (Å²) in [5.74, 6) is 0. The number of rotatable bonds is 4. The van der Waals surface area contributed by atoms with Gasteiger partial charge in [-0.3, -0.25) is 4.98 Å². The quantitative estimate of drug-likeness (QED) is 0.919. The first-order valence-corrected chi connectivity index (χ1v) is 6.89. The molecule has 0 spiro atoms. The molecule has 1 heterocycles. The summed E-state index contributed by atoms with van der Waals surface area (Å²) < 4.78 is 1.09. The van der Waals surface area contributed by atoms with Crippen LogP contribution in [0.15, 0.2) is 47.2 Å². The zero-order valence-corrected chi connectivity index (χ0v) is 12.4. The van der Waals surface area contributed by atoms with Gasteiger partial charge >= 0.3 is 0 Å². The molecule has 0 bridgehead atoms. The molecular formula is C14H14BrClN2. The first-order valence-electron chi connectivity index (χ1n) is 5.72. The summed E-state index contributed by atoms with van der Waals surface area (Å²) >= 11 is 9.67. The van der Waals surface area contributed by atoms with Crippen molar-refractivity contribution < 1.29 is 0 Å². The molecule has 0 radical (unpaired) electrons. The third-order valence-corrected chi connectivity index (χ3v) is 3.67. The van der Waals surface area contributed by atoms with E-state index in [0.29, 0.717) is 5.02 Å². The SMILES string of the molecule is CNC(Cc1cccc(Br)c1)c1ccncc1Cl. The number of hydrogen-bond donors (Lipinski definition) is 1. The fraction of sp³-hybridized carbons (Fsp3) is 0.214. The summed E-state index contributed by atoms with van der Waals surface area (Å²) in [6.07, 6.45) is 4.34. The van der Waals surface area contributed by atoms with Crippen molar-refractivity contribution in [1.29, 1.82) is 0 Å². The molecule has 94 valence electrons. The van der Waals surface area contributed by atoms with Gasteiger partial charge in [0.05, 0.1) is 5.02 Å². The molecule has 0 aliphatic rings. The molecule has 2 nitrogen and oxygen atoms in total. The van der Waals surface area contributed by atoms with E-state index in [1.54, 1.807) is 12.4 Å². The molecule has 1 atom stereocenters. The molecule has 2 rings (SSSR count). The molecule has 1 aromatic carbocycles. The predicted molar refractivity (Wildman–Crippen MR) is 78.9 cm³/mol. The van der Waals surface area contributed by atoms with Gasteiger partial charge in [-0.25, -0.2) is 0 Å². The number of nitrogens with zero attached hydrogens (tertiary/aromatic N) is 1. The minimum absolute atomic E-state index is 0.190. The fourth-order valence-electron chi connectivity index (χ4n) is 1.94. The molecular weight excluding hydrogens is 312 g/mol. The second-order valence-electron chi connectivity index (χ2n) is 4.07. The number of halogens is 2. The monoisotopic (exact) mass is 324 g/mol. The highest BCUT2D eigenvalue weighted by atomic mass is 79.9. The molecule has 1 N–H and O–H groups in total. The van der Waals surface area contributed by atoms with Gasteiger partial charge in [-0.15, -0.1) is 0 Å². The summed E-state index contributed by atoms with van der Waals surface area (Å²) in [6, 6.07) is 10.5. The second-order valence-corrected chi connectivity index (χ2v) is 5.40. The van der Waals surface area contributed by atoms with E-state index in [1.165, 1.54) is 5.56 Å². The maximum atomic E-state index is 6.18. The van der Waals surface area contributed by atoms with Crippen LogP contribution < -0.4 is 5.32 Å². The van der Waals surface area contributed by atoms with Gasteiger partial charge in [0.1, 0.15) is 0 Å². The van der Waals surface area contributed by atoms with Gasteiger partial charge in [0.2, 0.25) is 0 Å². The van der Waals surface area contributed by atoms with Gasteiger partial charge < -0.3 is 5.32 Å². The predicted octanol–water partition coefficient (Wildman–Crippen LogP) is 4.00. The van der Waals surface area contributed by atoms with E-state index in [0.717, 1.165) is 16.5 Å². The van der Waals surface area contributed by atoms with Gasteiger partial charge in [-0.1, -0.05) is 39.7 Å². The highest BCUT2D eigenvalue weighted by molar-refractivity contribution is 9.10. The van der Waals surface area contributed by atoms with Crippen molar-refractivity contribution in [3.8, 4) is 0 Å². The zero-order chi connectivity index (χ0) is 13.0. The molecule has 18 heavy (non-hydrogen) atoms. The highest BCUT2D eigenvalue weighted by Gasteiger charge is 2.13. The number of pyridine rings is 1. The topological polar surface area (TPSA) is 24.9 Å². The lowest BCUT2D eigenvalue weighted by Gasteiger charge is -2.18. The first-order chi connectivity index (χ1) is 8.70. The van der Waals surface area contributed by atoms with Crippen LogP contribution in [0.2, 0.25) is 5.02 Å². The van der Waals surface area contributed by atoms with Crippen LogP contribution in [-0.2, 0) is 6.42 Å². The molecule has 1 unspecified atom stereocenters. The van der Waals surface area contributed by atoms with Gasteiger partial charge in [-0.05, 0) is 42.8 Å². The smallest absolute Gasteiger partial charge is 0.0637 e. The fourth-order valence-corrected chi connectivity index (χ4v) is 2.63. The molecule has 0 aliphatic carbocycles. The third kappa shape index (κ3) is 3.31. The third-order valence-electron chi connectivity index (χ3n) is 2.86. The van der Waals surface area contributed by atoms with Gasteiger partial charge in [0, 0.05) is 22.9 Å². The Labute approximate surface area is 121 Å². The van der Waals surface area contributed by atoms with Crippen molar-refractivity contribution in [2.75, 3.05) is 7.05 Å². The molecule has 0 amide bonds. The number of nitrogens with one attached hydrogen (secondary N) is 1. The summed E-state index contributed by atoms with van der Waals surface area (Å²) in [5.41, 5.74) is 2.34. The number of benzene rings is 1. The lowest BCUT2D eigenvalue weighted by atomic mass is 10.00. The van der Waals surface area contributed by atoms with Gasteiger partial charge in [0.25, 0.3) is 0 Å². The lowest BCUT2D eigenvalue weighted by molar-refractivity contribution is 0.591. The Morgan fingerprint density at radius 3 is 2.89 bits per heavy atom. The Morgan fingerprint density at radius 2 is 2.22 bits per heavy atom. The Bertz CT molecular complexity index is 531. The standard InChI is InChI=1S/C14H14BrClN2/c1-17-14(12-5-6-18-9-13(12)16)8-10-3-2-4-11(15)7-10/h2-7,9,14,17H,8H2,1H3. The van der Waals surface area contributed by atoms with E-state index in [2.05, 4.69) is 38.4 Å². The van der Waals surface area contributed by atoms with Crippen LogP contribution >= 0.6 is 27.5 Å². The maximum absolute atomic E-state index is 6.18. The molecule has 0 aliphatic heterocycles. The van der Waals surface area contributed by atoms with Crippen LogP contribution in [0.3, 0.4) is 0 Å². The molecule has 0 saturated heterocycles. The number of aromatic nitrogens is 1. The molecule has 0 saturated carbocycles. The Kier molecular flexibility index (Phi) is 4.75. The van der Waals surface area contributed by atoms with Crippen LogP contribution in [0, 0.1) is 0 Å². The van der Waals surface area contributed by atoms with Crippen LogP contribution in [0.5, 0.6) is 0 Å². The molecule has 4 heteroatoms. The summed E-state index contributed by atoms with van der Waals surface area (Å²) in [4.78, 5) is 4.02. The van der Waals surface area contributed by atoms with Crippen molar-refractivity contribution in [2.45, 2.75) is 12.5 Å². The van der Waals surface area contributed by atoms with E-state index in [4.69, 9.17) is 11.6 Å². The average molecular weight is 326 g/mol. The maximum Gasteiger partial charge on any atom is 0.0637 e. The second kappa shape index (κ2) is 6.32. The van der Waals surface area contributed by atoms with Crippen molar-refractivity contribution in [3.63, 3.8) is 0 Å². The van der Waals surface area contributed by atoms with E-state index in [1.807, 2.05) is 25.2 Å². The van der Waals surface area contributed by atoms with Crippen LogP contribution in [0.25, 0.3) is 0 Å². The first kappa shape index (κ1) is 13.5. The van der Waals surface area contributed by atoms with E-state index in [-0.39, 0.29) is 6.04 Å². The van der Waals surface area contributed by atoms with Crippen LogP contribution in [-0.4, -0.2) is 12.0 Å². The summed E-state index contributed by atoms with van der Waals surface area (Å²) in [5, 5.41) is 4.00. The highest BCUT2D eigenvalue weighted by Crippen LogP contribution is 2.25. The summed E-state index contributed by atoms with van der Waals surface area (Å²) in [6.45, 7) is 0. The Balaban J connectivity index is 2.23. The minimum atomic E-state index is 0.190. The van der Waals surface area contributed by atoms with Gasteiger partial charge in [0.15, 0.2) is 0 Å². The summed E-state index contributed by atoms with van der Waals surface area (Å²) in [7, 11) is 1.94. The molecule has 1 aromatic heterocycles. The van der Waals surface area contributed by atoms with E-state index < -0.39 is 0 Å². The lowest BCUT2D eigenvalue weighted by Crippen LogP contribution is -2.19. The van der Waals surface area contributed by atoms with Crippen molar-refractivity contribution in [3.05, 3.63) is 63.3 Å². The van der Waals surface area contributed by atoms with E-state index in [9.17, 15) is 0 Å². The Hall–Kier alpha value is -0.900. The average Bonchev–Trinajstić information content (AvgIpc) is 2.37.